The third kappa shape index (κ3) is 20.7. The maximum atomic E-state index is 10.4. The first-order valence-electron chi connectivity index (χ1n) is 16.5. The van der Waals surface area contributed by atoms with Crippen molar-refractivity contribution in [1.82, 2.24) is 31.5 Å². The summed E-state index contributed by atoms with van der Waals surface area (Å²) in [6.07, 6.45) is -4.13. The Balaban J connectivity index is 0.000000584. The molecule has 0 unspecified atom stereocenters. The van der Waals surface area contributed by atoms with Crippen LogP contribution in [-0.4, -0.2) is 135 Å². The summed E-state index contributed by atoms with van der Waals surface area (Å²) in [5.74, 6) is -1.52. The number of anilines is 2. The van der Waals surface area contributed by atoms with Crippen molar-refractivity contribution in [2.45, 2.75) is 50.1 Å². The summed E-state index contributed by atoms with van der Waals surface area (Å²) < 4.78 is 0. The van der Waals surface area contributed by atoms with E-state index in [-0.39, 0.29) is 35.7 Å². The first-order valence-corrected chi connectivity index (χ1v) is 17.3. The number of carboxylic acids is 1. The van der Waals surface area contributed by atoms with Gasteiger partial charge in [0.25, 0.3) is 0 Å². The van der Waals surface area contributed by atoms with Gasteiger partial charge in [0.15, 0.2) is 35.9 Å². The minimum atomic E-state index is -2.20. The molecule has 1 aliphatic heterocycles. The zero-order valence-electron chi connectivity index (χ0n) is 29.8. The molecule has 0 aliphatic carbocycles. The van der Waals surface area contributed by atoms with Crippen molar-refractivity contribution in [1.29, 1.82) is 27.0 Å². The van der Waals surface area contributed by atoms with E-state index in [1.165, 1.54) is 0 Å². The maximum Gasteiger partial charge on any atom is 0.335 e. The van der Waals surface area contributed by atoms with Crippen molar-refractivity contribution in [3.8, 4) is 0 Å². The van der Waals surface area contributed by atoms with Crippen LogP contribution >= 0.6 is 23.2 Å². The SMILES string of the molecule is CN1CC(=O)NC1=N.N=C(NCCCCCCNC(=N)NC(=N)Nc1ccc(Cl)cc1)NC(=N)Nc1ccc(Cl)cc1.O=C(O)[C@H](O)[C@@H](O)[C@H](O)[C@H](O)CO. The Morgan fingerprint density at radius 2 is 1.18 bits per heavy atom. The topological polar surface area (TPSA) is 362 Å². The molecule has 2 aromatic rings. The van der Waals surface area contributed by atoms with Crippen LogP contribution in [0.2, 0.25) is 10.0 Å². The molecule has 23 heteroatoms. The molecule has 1 aliphatic rings. The Hall–Kier alpha value is -5.29. The number of amides is 1. The Morgan fingerprint density at radius 1 is 0.764 bits per heavy atom. The quantitative estimate of drug-likeness (QED) is 0.0659. The molecule has 1 heterocycles. The second-order valence-corrected chi connectivity index (χ2v) is 12.4. The van der Waals surface area contributed by atoms with Crippen molar-refractivity contribution in [2.75, 3.05) is 43.9 Å². The number of likely N-dealkylation sites (N-methyl/N-ethyl adjacent to an activating group) is 1. The van der Waals surface area contributed by atoms with Crippen LogP contribution in [0, 0.1) is 27.0 Å². The molecule has 1 amide bonds. The molecule has 0 aromatic heterocycles. The van der Waals surface area contributed by atoms with Crippen molar-refractivity contribution in [3.63, 3.8) is 0 Å². The van der Waals surface area contributed by atoms with Gasteiger partial charge in [-0.05, 0) is 61.4 Å². The number of carbonyl (C=O) groups is 2. The highest BCUT2D eigenvalue weighted by Crippen LogP contribution is 2.14. The third-order valence-corrected chi connectivity index (χ3v) is 7.47. The number of nitrogens with one attached hydrogen (secondary N) is 12. The smallest absolute Gasteiger partial charge is 0.335 e. The van der Waals surface area contributed by atoms with Crippen molar-refractivity contribution in [3.05, 3.63) is 58.6 Å². The lowest BCUT2D eigenvalue weighted by Crippen LogP contribution is -2.48. The highest BCUT2D eigenvalue weighted by Gasteiger charge is 2.33. The molecule has 3 rings (SSSR count). The molecule has 0 saturated carbocycles. The number of halogens is 2. The molecule has 4 atom stereocenters. The fourth-order valence-electron chi connectivity index (χ4n) is 4.02. The highest BCUT2D eigenvalue weighted by molar-refractivity contribution is 6.31. The Bertz CT molecular complexity index is 1490. The zero-order valence-corrected chi connectivity index (χ0v) is 31.3. The molecule has 55 heavy (non-hydrogen) atoms. The number of rotatable bonds is 14. The van der Waals surface area contributed by atoms with E-state index in [2.05, 4.69) is 37.2 Å². The molecule has 304 valence electrons. The van der Waals surface area contributed by atoms with Crippen LogP contribution in [0.25, 0.3) is 0 Å². The summed E-state index contributed by atoms with van der Waals surface area (Å²) in [6.45, 7) is 0.722. The number of benzene rings is 2. The van der Waals surface area contributed by atoms with Crippen LogP contribution in [0.4, 0.5) is 11.4 Å². The van der Waals surface area contributed by atoms with Gasteiger partial charge in [0, 0.05) is 41.6 Å². The highest BCUT2D eigenvalue weighted by atomic mass is 35.5. The van der Waals surface area contributed by atoms with E-state index >= 15 is 0 Å². The normalized spacial score (nSPS) is 13.9. The first-order chi connectivity index (χ1) is 25.9. The van der Waals surface area contributed by atoms with E-state index in [4.69, 9.17) is 80.9 Å². The Morgan fingerprint density at radius 3 is 1.49 bits per heavy atom. The molecule has 0 spiro atoms. The van der Waals surface area contributed by atoms with Crippen molar-refractivity contribution < 1.29 is 40.2 Å². The fourth-order valence-corrected chi connectivity index (χ4v) is 4.27. The van der Waals surface area contributed by atoms with Crippen LogP contribution in [0.1, 0.15) is 25.7 Å². The number of aliphatic carboxylic acids is 1. The van der Waals surface area contributed by atoms with Crippen LogP contribution in [0.5, 0.6) is 0 Å². The molecule has 1 fully saturated rings. The average Bonchev–Trinajstić information content (AvgIpc) is 3.43. The Kier molecular flexibility index (Phi) is 22.3. The van der Waals surface area contributed by atoms with Gasteiger partial charge in [0.2, 0.25) is 5.91 Å². The van der Waals surface area contributed by atoms with Crippen molar-refractivity contribution >= 4 is 76.3 Å². The number of aliphatic hydroxyl groups is 5. The molecule has 21 nitrogen and oxygen atoms in total. The van der Waals surface area contributed by atoms with E-state index in [9.17, 15) is 9.59 Å². The summed E-state index contributed by atoms with van der Waals surface area (Å²) in [5.41, 5.74) is 1.42. The van der Waals surface area contributed by atoms with E-state index in [1.807, 2.05) is 0 Å². The lowest BCUT2D eigenvalue weighted by Gasteiger charge is -2.23. The number of carboxylic acid groups (broad SMARTS) is 1. The summed E-state index contributed by atoms with van der Waals surface area (Å²) >= 11 is 11.7. The number of guanidine groups is 5. The van der Waals surface area contributed by atoms with E-state index in [0.717, 1.165) is 25.7 Å². The largest absolute Gasteiger partial charge is 0.479 e. The minimum absolute atomic E-state index is 0.00148. The molecule has 18 N–H and O–H groups in total. The second-order valence-electron chi connectivity index (χ2n) is 11.5. The lowest BCUT2D eigenvalue weighted by atomic mass is 10.0. The molecule has 0 bridgehead atoms. The number of carbonyl (C=O) groups excluding carboxylic acids is 1. The summed E-state index contributed by atoms with van der Waals surface area (Å²) in [7, 11) is 1.69. The summed E-state index contributed by atoms with van der Waals surface area (Å²) in [5, 5.41) is 111. The van der Waals surface area contributed by atoms with Gasteiger partial charge in [-0.1, -0.05) is 36.0 Å². The van der Waals surface area contributed by atoms with Gasteiger partial charge in [0.05, 0.1) is 13.2 Å². The molecule has 1 saturated heterocycles. The van der Waals surface area contributed by atoms with Crippen LogP contribution in [0.3, 0.4) is 0 Å². The van der Waals surface area contributed by atoms with E-state index in [0.29, 0.717) is 41.1 Å². The molecular formula is C32H49Cl2N13O8. The van der Waals surface area contributed by atoms with Gasteiger partial charge >= 0.3 is 5.97 Å². The maximum absolute atomic E-state index is 10.4. The van der Waals surface area contributed by atoms with Crippen molar-refractivity contribution in [2.24, 2.45) is 0 Å². The predicted octanol–water partition coefficient (Wildman–Crippen LogP) is -0.335. The van der Waals surface area contributed by atoms with E-state index in [1.54, 1.807) is 60.5 Å². The van der Waals surface area contributed by atoms with Crippen LogP contribution in [0.15, 0.2) is 48.5 Å². The van der Waals surface area contributed by atoms with Gasteiger partial charge in [-0.3, -0.25) is 47.8 Å². The second kappa shape index (κ2) is 25.7. The third-order valence-electron chi connectivity index (χ3n) is 6.96. The average molecular weight is 815 g/mol. The lowest BCUT2D eigenvalue weighted by molar-refractivity contribution is -0.164. The Labute approximate surface area is 327 Å². The number of hydrogen-bond acceptors (Lipinski definition) is 12. The minimum Gasteiger partial charge on any atom is -0.479 e. The summed E-state index contributed by atoms with van der Waals surface area (Å²) in [4.78, 5) is 22.0. The van der Waals surface area contributed by atoms with Crippen LogP contribution < -0.4 is 37.2 Å². The molecule has 0 radical (unpaired) electrons. The number of nitrogens with zero attached hydrogens (tertiary/aromatic N) is 1. The van der Waals surface area contributed by atoms with Gasteiger partial charge < -0.3 is 56.8 Å². The van der Waals surface area contributed by atoms with Gasteiger partial charge in [-0.2, -0.15) is 0 Å². The number of unbranched alkanes of at least 4 members (excludes halogenated alkanes) is 3. The molecule has 2 aromatic carbocycles. The van der Waals surface area contributed by atoms with Crippen LogP contribution in [-0.2, 0) is 9.59 Å². The van der Waals surface area contributed by atoms with Gasteiger partial charge in [-0.25, -0.2) is 4.79 Å². The standard InChI is InChI=1S/C22H30Cl2N10.C6H12O7.C4H7N3O/c23-15-5-9-17(10-6-15)31-21(27)33-19(25)29-13-3-1-2-4-14-30-20(26)34-22(28)32-18-11-7-16(24)8-12-18;7-1-2(8)3(9)4(10)5(11)6(12)13;1-7-2-3(8)6-4(7)5/h5-12H,1-4,13-14H2,(H5,25,27,29,31,33)(H5,26,28,30,32,34);2-5,7-11H,1H2,(H,12,13);2H2,1H3,(H2,5,6,8)/t;2-,3-,4+,5-;/m.1./s1. The number of aliphatic hydroxyl groups excluding tert-OH is 5. The predicted molar refractivity (Wildman–Crippen MR) is 209 cm³/mol. The zero-order chi connectivity index (χ0) is 41.5. The van der Waals surface area contributed by atoms with Gasteiger partial charge in [-0.15, -0.1) is 0 Å². The monoisotopic (exact) mass is 813 g/mol. The van der Waals surface area contributed by atoms with Gasteiger partial charge in [0.1, 0.15) is 18.3 Å². The first kappa shape index (κ1) is 47.7. The fraction of sp³-hybridized carbons (Fsp3) is 0.406. The summed E-state index contributed by atoms with van der Waals surface area (Å²) in [6, 6.07) is 13.9. The number of hydrogen-bond donors (Lipinski definition) is 18. The van der Waals surface area contributed by atoms with E-state index < -0.39 is 37.0 Å². The molecular weight excluding hydrogens is 765 g/mol.